The van der Waals surface area contributed by atoms with E-state index in [1.54, 1.807) is 24.3 Å². The maximum absolute atomic E-state index is 12.4. The molecule has 1 saturated carbocycles. The second kappa shape index (κ2) is 9.95. The normalized spacial score (nSPS) is 13.7. The highest BCUT2D eigenvalue weighted by Crippen LogP contribution is 2.22. The van der Waals surface area contributed by atoms with E-state index in [1.165, 1.54) is 12.1 Å². The molecule has 3 rings (SSSR count). The number of nitrogens with zero attached hydrogens (tertiary/aromatic N) is 1. The molecule has 0 bridgehead atoms. The summed E-state index contributed by atoms with van der Waals surface area (Å²) in [5.74, 6) is -0.259. The number of amides is 1. The number of anilines is 2. The molecule has 0 radical (unpaired) electrons. The molecule has 1 aliphatic rings. The molecule has 8 heteroatoms. The lowest BCUT2D eigenvalue weighted by molar-refractivity contribution is 0.0962. The van der Waals surface area contributed by atoms with Gasteiger partial charge >= 0.3 is 0 Å². The van der Waals surface area contributed by atoms with Crippen molar-refractivity contribution in [3.05, 3.63) is 54.1 Å². The Hall–Kier alpha value is -2.58. The zero-order chi connectivity index (χ0) is 21.6. The Balaban J connectivity index is 1.54. The highest BCUT2D eigenvalue weighted by Gasteiger charge is 2.27. The van der Waals surface area contributed by atoms with Crippen LogP contribution in [0.3, 0.4) is 0 Å². The molecule has 1 fully saturated rings. The molecule has 30 heavy (non-hydrogen) atoms. The number of unbranched alkanes of at least 4 members (excludes halogenated alkanes) is 1. The quantitative estimate of drug-likeness (QED) is 0.475. The Morgan fingerprint density at radius 1 is 1.03 bits per heavy atom. The molecular weight excluding hydrogens is 400 g/mol. The van der Waals surface area contributed by atoms with Gasteiger partial charge in [0, 0.05) is 30.4 Å². The second-order valence-electron chi connectivity index (χ2n) is 7.48. The largest absolute Gasteiger partial charge is 0.372 e. The van der Waals surface area contributed by atoms with Crippen LogP contribution in [-0.4, -0.2) is 33.5 Å². The van der Waals surface area contributed by atoms with Crippen molar-refractivity contribution in [3.8, 4) is 0 Å². The van der Waals surface area contributed by atoms with E-state index in [9.17, 15) is 13.2 Å². The third-order valence-corrected chi connectivity index (χ3v) is 6.58. The summed E-state index contributed by atoms with van der Waals surface area (Å²) >= 11 is 0. The number of carbonyl (C=O) groups is 1. The van der Waals surface area contributed by atoms with E-state index in [0.717, 1.165) is 44.5 Å². The lowest BCUT2D eigenvalue weighted by Gasteiger charge is -2.23. The van der Waals surface area contributed by atoms with Gasteiger partial charge in [-0.1, -0.05) is 13.3 Å². The molecular formula is C22H30N4O3S. The Kier molecular flexibility index (Phi) is 7.33. The minimum Gasteiger partial charge on any atom is -0.372 e. The van der Waals surface area contributed by atoms with Gasteiger partial charge < -0.3 is 4.90 Å². The minimum atomic E-state index is -3.48. The molecule has 162 valence electrons. The van der Waals surface area contributed by atoms with E-state index in [4.69, 9.17) is 0 Å². The molecule has 0 saturated heterocycles. The van der Waals surface area contributed by atoms with Crippen molar-refractivity contribution in [2.24, 2.45) is 0 Å². The number of rotatable bonds is 11. The van der Waals surface area contributed by atoms with Crippen molar-refractivity contribution in [1.82, 2.24) is 10.1 Å². The van der Waals surface area contributed by atoms with Gasteiger partial charge in [-0.3, -0.25) is 15.6 Å². The molecule has 0 aliphatic heterocycles. The van der Waals surface area contributed by atoms with Crippen LogP contribution in [0.15, 0.2) is 53.4 Å². The molecule has 3 N–H and O–H groups in total. The summed E-state index contributed by atoms with van der Waals surface area (Å²) in [7, 11) is -3.48. The number of nitrogens with one attached hydrogen (secondary N) is 3. The molecule has 7 nitrogen and oxygen atoms in total. The van der Waals surface area contributed by atoms with Crippen LogP contribution in [0.25, 0.3) is 0 Å². The van der Waals surface area contributed by atoms with Gasteiger partial charge in [-0.25, -0.2) is 13.1 Å². The maximum Gasteiger partial charge on any atom is 0.269 e. The fourth-order valence-electron chi connectivity index (χ4n) is 3.05. The van der Waals surface area contributed by atoms with Crippen LogP contribution in [0.1, 0.15) is 49.9 Å². The van der Waals surface area contributed by atoms with Crippen LogP contribution >= 0.6 is 0 Å². The van der Waals surface area contributed by atoms with Gasteiger partial charge in [0.1, 0.15) is 0 Å². The van der Waals surface area contributed by atoms with Crippen LogP contribution in [0.5, 0.6) is 0 Å². The van der Waals surface area contributed by atoms with E-state index in [1.807, 2.05) is 12.1 Å². The first kappa shape index (κ1) is 22.1. The lowest BCUT2D eigenvalue weighted by atomic mass is 10.1. The van der Waals surface area contributed by atoms with Crippen molar-refractivity contribution in [2.45, 2.75) is 50.5 Å². The number of sulfonamides is 1. The summed E-state index contributed by atoms with van der Waals surface area (Å²) in [5, 5.41) is 0. The first-order valence-electron chi connectivity index (χ1n) is 10.5. The predicted octanol–water partition coefficient (Wildman–Crippen LogP) is 3.51. The first-order valence-corrected chi connectivity index (χ1v) is 11.9. The molecule has 0 aromatic heterocycles. The van der Waals surface area contributed by atoms with E-state index < -0.39 is 10.0 Å². The standard InChI is InChI=1S/C22H30N4O3S/c1-3-5-16-26(4-2)20-12-6-17(7-13-20)22(27)24-23-18-10-14-21(15-11-18)30(28,29)25-19-8-9-19/h6-7,10-15,19,23,25H,3-5,8-9,16H2,1-2H3,(H,24,27). The molecule has 1 amide bonds. The highest BCUT2D eigenvalue weighted by atomic mass is 32.2. The van der Waals surface area contributed by atoms with Crippen LogP contribution < -0.4 is 20.5 Å². The van der Waals surface area contributed by atoms with Gasteiger partial charge in [0.05, 0.1) is 10.6 Å². The van der Waals surface area contributed by atoms with Gasteiger partial charge in [0.15, 0.2) is 0 Å². The second-order valence-corrected chi connectivity index (χ2v) is 9.19. The average molecular weight is 431 g/mol. The molecule has 0 atom stereocenters. The first-order chi connectivity index (χ1) is 14.4. The summed E-state index contributed by atoms with van der Waals surface area (Å²) in [5.41, 5.74) is 7.72. The van der Waals surface area contributed by atoms with E-state index >= 15 is 0 Å². The smallest absolute Gasteiger partial charge is 0.269 e. The number of hydrogen-bond donors (Lipinski definition) is 3. The molecule has 2 aromatic carbocycles. The third-order valence-electron chi connectivity index (χ3n) is 5.04. The summed E-state index contributed by atoms with van der Waals surface area (Å²) < 4.78 is 27.0. The molecule has 0 unspecified atom stereocenters. The zero-order valence-electron chi connectivity index (χ0n) is 17.5. The zero-order valence-corrected chi connectivity index (χ0v) is 18.3. The Labute approximate surface area is 178 Å². The van der Waals surface area contributed by atoms with Crippen LogP contribution in [-0.2, 0) is 10.0 Å². The third kappa shape index (κ3) is 5.96. The van der Waals surface area contributed by atoms with Crippen LogP contribution in [0.4, 0.5) is 11.4 Å². The lowest BCUT2D eigenvalue weighted by Crippen LogP contribution is -2.29. The Bertz CT molecular complexity index is 939. The molecule has 0 heterocycles. The van der Waals surface area contributed by atoms with Crippen molar-refractivity contribution < 1.29 is 13.2 Å². The monoisotopic (exact) mass is 430 g/mol. The molecule has 0 spiro atoms. The molecule has 1 aliphatic carbocycles. The number of carbonyl (C=O) groups excluding carboxylic acids is 1. The SMILES string of the molecule is CCCCN(CC)c1ccc(C(=O)NNc2ccc(S(=O)(=O)NC3CC3)cc2)cc1. The van der Waals surface area contributed by atoms with Gasteiger partial charge in [0.25, 0.3) is 5.91 Å². The van der Waals surface area contributed by atoms with E-state index in [-0.39, 0.29) is 16.8 Å². The Morgan fingerprint density at radius 3 is 2.27 bits per heavy atom. The van der Waals surface area contributed by atoms with Crippen molar-refractivity contribution in [1.29, 1.82) is 0 Å². The van der Waals surface area contributed by atoms with E-state index in [0.29, 0.717) is 11.3 Å². The number of benzene rings is 2. The van der Waals surface area contributed by atoms with E-state index in [2.05, 4.69) is 34.3 Å². The van der Waals surface area contributed by atoms with Crippen molar-refractivity contribution in [2.75, 3.05) is 23.4 Å². The summed E-state index contributed by atoms with van der Waals surface area (Å²) in [6, 6.07) is 13.9. The molecule has 2 aromatic rings. The fourth-order valence-corrected chi connectivity index (χ4v) is 4.35. The van der Waals surface area contributed by atoms with Crippen molar-refractivity contribution in [3.63, 3.8) is 0 Å². The minimum absolute atomic E-state index is 0.0644. The fraction of sp³-hybridized carbons (Fsp3) is 0.409. The van der Waals surface area contributed by atoms with Crippen molar-refractivity contribution >= 4 is 27.3 Å². The van der Waals surface area contributed by atoms with Crippen LogP contribution in [0, 0.1) is 0 Å². The summed E-state index contributed by atoms with van der Waals surface area (Å²) in [4.78, 5) is 14.9. The Morgan fingerprint density at radius 2 is 1.70 bits per heavy atom. The highest BCUT2D eigenvalue weighted by molar-refractivity contribution is 7.89. The number of hydrazine groups is 1. The van der Waals surface area contributed by atoms with Gasteiger partial charge in [-0.2, -0.15) is 0 Å². The van der Waals surface area contributed by atoms with Crippen LogP contribution in [0.2, 0.25) is 0 Å². The predicted molar refractivity (Wildman–Crippen MR) is 120 cm³/mol. The topological polar surface area (TPSA) is 90.5 Å². The van der Waals surface area contributed by atoms with Gasteiger partial charge in [0.2, 0.25) is 10.0 Å². The summed E-state index contributed by atoms with van der Waals surface area (Å²) in [6.07, 6.45) is 4.06. The average Bonchev–Trinajstić information content (AvgIpc) is 3.56. The summed E-state index contributed by atoms with van der Waals surface area (Å²) in [6.45, 7) is 6.22. The van der Waals surface area contributed by atoms with Gasteiger partial charge in [-0.05, 0) is 74.7 Å². The number of hydrogen-bond acceptors (Lipinski definition) is 5. The van der Waals surface area contributed by atoms with Gasteiger partial charge in [-0.15, -0.1) is 0 Å². The maximum atomic E-state index is 12.4.